The van der Waals surface area contributed by atoms with Gasteiger partial charge in [-0.3, -0.25) is 0 Å². The summed E-state index contributed by atoms with van der Waals surface area (Å²) in [4.78, 5) is 0. The van der Waals surface area contributed by atoms with Crippen molar-refractivity contribution in [2.45, 2.75) is 98.4 Å². The average molecular weight is 270 g/mol. The Labute approximate surface area is 122 Å². The van der Waals surface area contributed by atoms with Crippen molar-refractivity contribution in [2.24, 2.45) is 11.8 Å². The third kappa shape index (κ3) is 14.2. The summed E-state index contributed by atoms with van der Waals surface area (Å²) >= 11 is 0. The van der Waals surface area contributed by atoms with Gasteiger partial charge in [-0.05, 0) is 44.6 Å². The van der Waals surface area contributed by atoms with Crippen molar-refractivity contribution >= 4 is 0 Å². The van der Waals surface area contributed by atoms with Crippen molar-refractivity contribution in [3.63, 3.8) is 0 Å². The summed E-state index contributed by atoms with van der Waals surface area (Å²) in [5.74, 6) is 1.77. The molecule has 2 unspecified atom stereocenters. The molecule has 0 saturated heterocycles. The molecule has 0 aromatic heterocycles. The Morgan fingerprint density at radius 2 is 1.47 bits per heavy atom. The molecule has 0 aliphatic rings. The van der Waals surface area contributed by atoms with E-state index in [-0.39, 0.29) is 0 Å². The van der Waals surface area contributed by atoms with Gasteiger partial charge in [0.1, 0.15) is 0 Å². The highest BCUT2D eigenvalue weighted by Crippen LogP contribution is 2.16. The molecule has 1 heteroatoms. The van der Waals surface area contributed by atoms with Gasteiger partial charge in [-0.2, -0.15) is 0 Å². The fourth-order valence-electron chi connectivity index (χ4n) is 2.87. The zero-order valence-corrected chi connectivity index (χ0v) is 14.3. The molecule has 0 aromatic carbocycles. The van der Waals surface area contributed by atoms with Gasteiger partial charge in [0.15, 0.2) is 0 Å². The molecule has 0 aliphatic carbocycles. The smallest absolute Gasteiger partial charge is 0.00387 e. The first kappa shape index (κ1) is 19.0. The van der Waals surface area contributed by atoms with Crippen molar-refractivity contribution in [3.8, 4) is 0 Å². The van der Waals surface area contributed by atoms with E-state index in [0.29, 0.717) is 6.04 Å². The maximum absolute atomic E-state index is 3.67. The van der Waals surface area contributed by atoms with Crippen LogP contribution in [-0.2, 0) is 0 Å². The molecule has 0 amide bonds. The molecule has 19 heavy (non-hydrogen) atoms. The molecular formula is C18H39N. The first-order valence-corrected chi connectivity index (χ1v) is 8.79. The van der Waals surface area contributed by atoms with Gasteiger partial charge in [-0.15, -0.1) is 0 Å². The number of unbranched alkanes of at least 4 members (excludes halogenated alkanes) is 4. The second-order valence-electron chi connectivity index (χ2n) is 6.94. The van der Waals surface area contributed by atoms with Gasteiger partial charge in [0, 0.05) is 6.04 Å². The molecule has 2 atom stereocenters. The lowest BCUT2D eigenvalue weighted by Gasteiger charge is -2.15. The number of rotatable bonds is 13. The SMILES string of the molecule is CCCCCCC(C)NCCCCC(C)CC(C)C. The Hall–Kier alpha value is -0.0400. The highest BCUT2D eigenvalue weighted by molar-refractivity contribution is 4.62. The van der Waals surface area contributed by atoms with Crippen LogP contribution in [0.1, 0.15) is 92.4 Å². The van der Waals surface area contributed by atoms with Crippen LogP contribution in [0.2, 0.25) is 0 Å². The maximum atomic E-state index is 3.67. The summed E-state index contributed by atoms with van der Waals surface area (Å²) in [6.07, 6.45) is 12.4. The molecule has 0 rings (SSSR count). The number of hydrogen-bond acceptors (Lipinski definition) is 1. The van der Waals surface area contributed by atoms with Gasteiger partial charge >= 0.3 is 0 Å². The summed E-state index contributed by atoms with van der Waals surface area (Å²) in [6.45, 7) is 12.9. The molecule has 0 fully saturated rings. The highest BCUT2D eigenvalue weighted by Gasteiger charge is 2.05. The van der Waals surface area contributed by atoms with Crippen LogP contribution in [0.3, 0.4) is 0 Å². The van der Waals surface area contributed by atoms with Gasteiger partial charge in [0.2, 0.25) is 0 Å². The van der Waals surface area contributed by atoms with Crippen molar-refractivity contribution in [2.75, 3.05) is 6.54 Å². The molecule has 116 valence electrons. The van der Waals surface area contributed by atoms with E-state index in [2.05, 4.69) is 39.9 Å². The number of hydrogen-bond donors (Lipinski definition) is 1. The third-order valence-corrected chi connectivity index (χ3v) is 3.98. The van der Waals surface area contributed by atoms with Crippen molar-refractivity contribution < 1.29 is 0 Å². The van der Waals surface area contributed by atoms with E-state index in [4.69, 9.17) is 0 Å². The van der Waals surface area contributed by atoms with E-state index >= 15 is 0 Å². The topological polar surface area (TPSA) is 12.0 Å². The Kier molecular flexibility index (Phi) is 12.9. The molecule has 0 aliphatic heterocycles. The first-order chi connectivity index (χ1) is 9.06. The summed E-state index contributed by atoms with van der Waals surface area (Å²) in [5.41, 5.74) is 0. The van der Waals surface area contributed by atoms with Gasteiger partial charge < -0.3 is 5.32 Å². The largest absolute Gasteiger partial charge is 0.314 e. The van der Waals surface area contributed by atoms with E-state index in [1.807, 2.05) is 0 Å². The van der Waals surface area contributed by atoms with E-state index in [1.54, 1.807) is 0 Å². The molecule has 0 bridgehead atoms. The first-order valence-electron chi connectivity index (χ1n) is 8.79. The Balaban J connectivity index is 3.28. The Bertz CT molecular complexity index is 177. The van der Waals surface area contributed by atoms with Crippen LogP contribution in [0, 0.1) is 11.8 Å². The summed E-state index contributed by atoms with van der Waals surface area (Å²) < 4.78 is 0. The average Bonchev–Trinajstić information content (AvgIpc) is 2.33. The molecule has 1 nitrogen and oxygen atoms in total. The molecule has 0 spiro atoms. The normalized spacial score (nSPS) is 14.8. The van der Waals surface area contributed by atoms with Crippen LogP contribution in [-0.4, -0.2) is 12.6 Å². The van der Waals surface area contributed by atoms with Crippen LogP contribution >= 0.6 is 0 Å². The monoisotopic (exact) mass is 269 g/mol. The summed E-state index contributed by atoms with van der Waals surface area (Å²) in [7, 11) is 0. The molecule has 0 saturated carbocycles. The van der Waals surface area contributed by atoms with E-state index in [1.165, 1.54) is 64.3 Å². The van der Waals surface area contributed by atoms with E-state index in [0.717, 1.165) is 11.8 Å². The second-order valence-corrected chi connectivity index (χ2v) is 6.94. The fourth-order valence-corrected chi connectivity index (χ4v) is 2.87. The van der Waals surface area contributed by atoms with E-state index < -0.39 is 0 Å². The lowest BCUT2D eigenvalue weighted by molar-refractivity contribution is 0.394. The van der Waals surface area contributed by atoms with Crippen LogP contribution < -0.4 is 5.32 Å². The lowest BCUT2D eigenvalue weighted by Crippen LogP contribution is -2.26. The minimum atomic E-state index is 0.713. The summed E-state index contributed by atoms with van der Waals surface area (Å²) in [6, 6.07) is 0.713. The van der Waals surface area contributed by atoms with Gasteiger partial charge in [-0.25, -0.2) is 0 Å². The fraction of sp³-hybridized carbons (Fsp3) is 1.00. The van der Waals surface area contributed by atoms with Crippen molar-refractivity contribution in [1.82, 2.24) is 5.32 Å². The van der Waals surface area contributed by atoms with E-state index in [9.17, 15) is 0 Å². The zero-order chi connectivity index (χ0) is 14.5. The number of nitrogens with one attached hydrogen (secondary N) is 1. The maximum Gasteiger partial charge on any atom is 0.00387 e. The van der Waals surface area contributed by atoms with Crippen LogP contribution in [0.15, 0.2) is 0 Å². The predicted octanol–water partition coefficient (Wildman–Crippen LogP) is 5.79. The molecule has 0 heterocycles. The molecule has 1 N–H and O–H groups in total. The van der Waals surface area contributed by atoms with Gasteiger partial charge in [-0.1, -0.05) is 66.2 Å². The Morgan fingerprint density at radius 1 is 0.789 bits per heavy atom. The third-order valence-electron chi connectivity index (χ3n) is 3.98. The quantitative estimate of drug-likeness (QED) is 0.417. The minimum absolute atomic E-state index is 0.713. The van der Waals surface area contributed by atoms with Crippen molar-refractivity contribution in [3.05, 3.63) is 0 Å². The highest BCUT2D eigenvalue weighted by atomic mass is 14.9. The van der Waals surface area contributed by atoms with Crippen LogP contribution in [0.5, 0.6) is 0 Å². The van der Waals surface area contributed by atoms with Crippen molar-refractivity contribution in [1.29, 1.82) is 0 Å². The predicted molar refractivity (Wildman–Crippen MR) is 88.7 cm³/mol. The zero-order valence-electron chi connectivity index (χ0n) is 14.3. The lowest BCUT2D eigenvalue weighted by atomic mass is 9.94. The minimum Gasteiger partial charge on any atom is -0.314 e. The molecule has 0 aromatic rings. The van der Waals surface area contributed by atoms with Gasteiger partial charge in [0.25, 0.3) is 0 Å². The molecular weight excluding hydrogens is 230 g/mol. The summed E-state index contributed by atoms with van der Waals surface area (Å²) in [5, 5.41) is 3.67. The standard InChI is InChI=1S/C18H39N/c1-6-7-8-9-13-18(5)19-14-11-10-12-17(4)15-16(2)3/h16-19H,6-15H2,1-5H3. The van der Waals surface area contributed by atoms with Crippen LogP contribution in [0.4, 0.5) is 0 Å². The van der Waals surface area contributed by atoms with Crippen LogP contribution in [0.25, 0.3) is 0 Å². The van der Waals surface area contributed by atoms with Gasteiger partial charge in [0.05, 0.1) is 0 Å². The molecule has 0 radical (unpaired) electrons. The Morgan fingerprint density at radius 3 is 2.11 bits per heavy atom. The second kappa shape index (κ2) is 13.0.